The molecule has 32 heavy (non-hydrogen) atoms. The van der Waals surface area contributed by atoms with E-state index in [1.54, 1.807) is 50.4 Å². The van der Waals surface area contributed by atoms with Crippen molar-refractivity contribution in [2.75, 3.05) is 10.8 Å². The molecule has 0 N–H and O–H groups in total. The van der Waals surface area contributed by atoms with Gasteiger partial charge < -0.3 is 4.57 Å². The van der Waals surface area contributed by atoms with Gasteiger partial charge in [0.15, 0.2) is 4.80 Å². The summed E-state index contributed by atoms with van der Waals surface area (Å²) in [6.07, 6.45) is 0. The first-order valence-corrected chi connectivity index (χ1v) is 12.1. The number of carbonyl (C=O) groups excluding carboxylic acids is 1. The first kappa shape index (κ1) is 21.9. The van der Waals surface area contributed by atoms with E-state index in [0.29, 0.717) is 20.7 Å². The number of aryl methyl sites for hydroxylation is 1. The Morgan fingerprint density at radius 3 is 2.34 bits per heavy atom. The largest absolute Gasteiger partial charge is 0.317 e. The summed E-state index contributed by atoms with van der Waals surface area (Å²) in [5.41, 5.74) is 1.19. The fraction of sp³-hybridized carbons (Fsp3) is 0.130. The van der Waals surface area contributed by atoms with Gasteiger partial charge in [-0.15, -0.1) is 0 Å². The molecular weight excluding hydrogens is 449 g/mol. The lowest BCUT2D eigenvalue weighted by atomic mass is 10.2. The first-order valence-electron chi connectivity index (χ1n) is 9.84. The standard InChI is InChI=1S/C23H20FN3O3S2/c1-3-27(17-8-5-4-6-9-17)32(29,30)18-14-12-16(13-15-18)22(28)25-23-26(2)21-19(24)10-7-11-20(21)31-23/h4-15H,3H2,1-2H3. The summed E-state index contributed by atoms with van der Waals surface area (Å²) in [6, 6.07) is 19.2. The lowest BCUT2D eigenvalue weighted by molar-refractivity contribution is 0.0998. The lowest BCUT2D eigenvalue weighted by Crippen LogP contribution is -2.30. The average molecular weight is 470 g/mol. The van der Waals surface area contributed by atoms with E-state index in [0.717, 1.165) is 0 Å². The van der Waals surface area contributed by atoms with Crippen molar-refractivity contribution in [3.8, 4) is 0 Å². The third-order valence-electron chi connectivity index (χ3n) is 4.99. The number of para-hydroxylation sites is 2. The van der Waals surface area contributed by atoms with E-state index in [-0.39, 0.29) is 22.8 Å². The molecule has 6 nitrogen and oxygen atoms in total. The van der Waals surface area contributed by atoms with Crippen molar-refractivity contribution in [3.63, 3.8) is 0 Å². The number of nitrogens with zero attached hydrogens (tertiary/aromatic N) is 3. The van der Waals surface area contributed by atoms with E-state index in [9.17, 15) is 17.6 Å². The van der Waals surface area contributed by atoms with Gasteiger partial charge in [-0.2, -0.15) is 4.99 Å². The lowest BCUT2D eigenvalue weighted by Gasteiger charge is -2.22. The molecule has 164 valence electrons. The zero-order valence-corrected chi connectivity index (χ0v) is 19.0. The second kappa shape index (κ2) is 8.68. The second-order valence-electron chi connectivity index (χ2n) is 6.98. The number of thiazole rings is 1. The van der Waals surface area contributed by atoms with E-state index in [1.165, 1.54) is 50.5 Å². The zero-order valence-electron chi connectivity index (χ0n) is 17.4. The minimum absolute atomic E-state index is 0.0780. The van der Waals surface area contributed by atoms with Crippen LogP contribution in [0.3, 0.4) is 0 Å². The molecule has 0 radical (unpaired) electrons. The third kappa shape index (κ3) is 3.96. The molecule has 0 atom stereocenters. The molecule has 0 saturated carbocycles. The Morgan fingerprint density at radius 1 is 1.03 bits per heavy atom. The Balaban J connectivity index is 1.65. The van der Waals surface area contributed by atoms with Crippen LogP contribution in [0.5, 0.6) is 0 Å². The fourth-order valence-corrected chi connectivity index (χ4v) is 5.90. The molecule has 0 saturated heterocycles. The third-order valence-corrected chi connectivity index (χ3v) is 8.01. The van der Waals surface area contributed by atoms with Crippen LogP contribution in [0.25, 0.3) is 10.2 Å². The highest BCUT2D eigenvalue weighted by molar-refractivity contribution is 7.92. The Morgan fingerprint density at radius 2 is 1.72 bits per heavy atom. The van der Waals surface area contributed by atoms with Crippen molar-refractivity contribution in [2.45, 2.75) is 11.8 Å². The molecular formula is C23H20FN3O3S2. The SMILES string of the molecule is CCN(c1ccccc1)S(=O)(=O)c1ccc(C(=O)N=c2sc3cccc(F)c3n2C)cc1. The molecule has 1 amide bonds. The molecule has 3 aromatic carbocycles. The van der Waals surface area contributed by atoms with Crippen LogP contribution in [-0.4, -0.2) is 25.4 Å². The van der Waals surface area contributed by atoms with E-state index in [4.69, 9.17) is 0 Å². The van der Waals surface area contributed by atoms with Crippen LogP contribution >= 0.6 is 11.3 Å². The molecule has 0 aliphatic heterocycles. The van der Waals surface area contributed by atoms with Crippen LogP contribution in [0.15, 0.2) is 82.7 Å². The summed E-state index contributed by atoms with van der Waals surface area (Å²) in [6.45, 7) is 2.02. The van der Waals surface area contributed by atoms with Crippen molar-refractivity contribution >= 4 is 43.2 Å². The van der Waals surface area contributed by atoms with Gasteiger partial charge in [-0.25, -0.2) is 12.8 Å². The minimum atomic E-state index is -3.79. The number of fused-ring (bicyclic) bond motifs is 1. The van der Waals surface area contributed by atoms with Gasteiger partial charge in [0.2, 0.25) is 0 Å². The number of amides is 1. The minimum Gasteiger partial charge on any atom is -0.317 e. The summed E-state index contributed by atoms with van der Waals surface area (Å²) in [7, 11) is -2.14. The molecule has 1 heterocycles. The van der Waals surface area contributed by atoms with Gasteiger partial charge in [0.05, 0.1) is 20.8 Å². The molecule has 1 aromatic heterocycles. The number of rotatable bonds is 5. The number of carbonyl (C=O) groups is 1. The highest BCUT2D eigenvalue weighted by Gasteiger charge is 2.23. The topological polar surface area (TPSA) is 71.7 Å². The van der Waals surface area contributed by atoms with Gasteiger partial charge in [0.25, 0.3) is 15.9 Å². The van der Waals surface area contributed by atoms with Gasteiger partial charge in [-0.1, -0.05) is 35.6 Å². The normalized spacial score (nSPS) is 12.3. The summed E-state index contributed by atoms with van der Waals surface area (Å²) in [5, 5.41) is 0. The Labute approximate surface area is 188 Å². The maximum absolute atomic E-state index is 14.1. The van der Waals surface area contributed by atoms with Crippen LogP contribution in [0.4, 0.5) is 10.1 Å². The molecule has 0 aliphatic rings. The van der Waals surface area contributed by atoms with Crippen LogP contribution in [0.1, 0.15) is 17.3 Å². The van der Waals surface area contributed by atoms with E-state index in [2.05, 4.69) is 4.99 Å². The zero-order chi connectivity index (χ0) is 22.9. The molecule has 0 aliphatic carbocycles. The monoisotopic (exact) mass is 469 g/mol. The summed E-state index contributed by atoms with van der Waals surface area (Å²) in [4.78, 5) is 17.2. The summed E-state index contributed by atoms with van der Waals surface area (Å²) in [5.74, 6) is -0.921. The highest BCUT2D eigenvalue weighted by atomic mass is 32.2. The first-order chi connectivity index (χ1) is 15.3. The quantitative estimate of drug-likeness (QED) is 0.437. The molecule has 0 fully saturated rings. The number of aromatic nitrogens is 1. The predicted octanol–water partition coefficient (Wildman–Crippen LogP) is 4.34. The van der Waals surface area contributed by atoms with Crippen molar-refractivity contribution in [3.05, 3.63) is 89.0 Å². The molecule has 0 spiro atoms. The fourth-order valence-electron chi connectivity index (χ4n) is 3.40. The van der Waals surface area contributed by atoms with Crippen molar-refractivity contribution in [1.29, 1.82) is 0 Å². The van der Waals surface area contributed by atoms with Crippen LogP contribution < -0.4 is 9.11 Å². The van der Waals surface area contributed by atoms with Gasteiger partial charge in [0, 0.05) is 19.2 Å². The van der Waals surface area contributed by atoms with Crippen molar-refractivity contribution < 1.29 is 17.6 Å². The van der Waals surface area contributed by atoms with Crippen LogP contribution in [0.2, 0.25) is 0 Å². The number of halogens is 1. The number of anilines is 1. The molecule has 0 bridgehead atoms. The van der Waals surface area contributed by atoms with E-state index in [1.807, 2.05) is 6.07 Å². The Kier molecular flexibility index (Phi) is 5.94. The average Bonchev–Trinajstić information content (AvgIpc) is 3.11. The number of sulfonamides is 1. The number of hydrogen-bond acceptors (Lipinski definition) is 4. The molecule has 4 aromatic rings. The molecule has 0 unspecified atom stereocenters. The van der Waals surface area contributed by atoms with Gasteiger partial charge in [-0.3, -0.25) is 9.10 Å². The Bertz CT molecular complexity index is 1460. The number of benzene rings is 3. The van der Waals surface area contributed by atoms with Gasteiger partial charge in [-0.05, 0) is 55.5 Å². The highest BCUT2D eigenvalue weighted by Crippen LogP contribution is 2.24. The maximum atomic E-state index is 14.1. The predicted molar refractivity (Wildman–Crippen MR) is 124 cm³/mol. The summed E-state index contributed by atoms with van der Waals surface area (Å²) >= 11 is 1.21. The van der Waals surface area contributed by atoms with Crippen LogP contribution in [-0.2, 0) is 17.1 Å². The second-order valence-corrected chi connectivity index (χ2v) is 9.85. The molecule has 4 rings (SSSR count). The van der Waals surface area contributed by atoms with Gasteiger partial charge >= 0.3 is 0 Å². The smallest absolute Gasteiger partial charge is 0.279 e. The molecule has 9 heteroatoms. The summed E-state index contributed by atoms with van der Waals surface area (Å²) < 4.78 is 43.8. The Hall–Kier alpha value is -3.30. The maximum Gasteiger partial charge on any atom is 0.279 e. The van der Waals surface area contributed by atoms with E-state index >= 15 is 0 Å². The van der Waals surface area contributed by atoms with Crippen LogP contribution in [0, 0.1) is 5.82 Å². The van der Waals surface area contributed by atoms with Gasteiger partial charge in [0.1, 0.15) is 5.82 Å². The van der Waals surface area contributed by atoms with Crippen molar-refractivity contribution in [2.24, 2.45) is 12.0 Å². The van der Waals surface area contributed by atoms with Crippen molar-refractivity contribution in [1.82, 2.24) is 4.57 Å². The van der Waals surface area contributed by atoms with E-state index < -0.39 is 15.9 Å². The number of hydrogen-bond donors (Lipinski definition) is 0.